The highest BCUT2D eigenvalue weighted by Gasteiger charge is 2.18. The first kappa shape index (κ1) is 14.6. The van der Waals surface area contributed by atoms with Crippen molar-refractivity contribution in [1.82, 2.24) is 0 Å². The van der Waals surface area contributed by atoms with E-state index >= 15 is 0 Å². The number of esters is 1. The zero-order valence-corrected chi connectivity index (χ0v) is 10.1. The Balaban J connectivity index is 3.15. The minimum Gasteiger partial charge on any atom is -0.469 e. The third-order valence-corrected chi connectivity index (χ3v) is 2.41. The van der Waals surface area contributed by atoms with Crippen molar-refractivity contribution in [2.75, 3.05) is 7.11 Å². The van der Waals surface area contributed by atoms with Gasteiger partial charge in [0.2, 0.25) is 0 Å². The fourth-order valence-electron chi connectivity index (χ4n) is 1.37. The molecule has 0 radical (unpaired) electrons. The molecule has 0 fully saturated rings. The van der Waals surface area contributed by atoms with Gasteiger partial charge in [-0.3, -0.25) is 4.79 Å². The smallest absolute Gasteiger partial charge is 0.387 e. The molecular weight excluding hydrogens is 273 g/mol. The van der Waals surface area contributed by atoms with Crippen LogP contribution in [-0.2, 0) is 21.8 Å². The molecule has 18 heavy (non-hydrogen) atoms. The molecule has 0 amide bonds. The van der Waals surface area contributed by atoms with Gasteiger partial charge in [-0.1, -0.05) is 6.07 Å². The summed E-state index contributed by atoms with van der Waals surface area (Å²) in [7, 11) is 1.14. The molecule has 0 spiro atoms. The Bertz CT molecular complexity index is 438. The molecule has 0 N–H and O–H groups in total. The van der Waals surface area contributed by atoms with Crippen LogP contribution in [0.15, 0.2) is 12.1 Å². The van der Waals surface area contributed by atoms with Gasteiger partial charge in [-0.15, -0.1) is 11.6 Å². The van der Waals surface area contributed by atoms with Crippen molar-refractivity contribution in [3.63, 3.8) is 0 Å². The predicted molar refractivity (Wildman–Crippen MR) is 58.3 cm³/mol. The average Bonchev–Trinajstić information content (AvgIpc) is 2.32. The number of rotatable bonds is 5. The second-order valence-electron chi connectivity index (χ2n) is 3.33. The number of ether oxygens (including phenoxy) is 2. The summed E-state index contributed by atoms with van der Waals surface area (Å²) in [5, 5.41) is 0. The largest absolute Gasteiger partial charge is 0.469 e. The van der Waals surface area contributed by atoms with Crippen molar-refractivity contribution >= 4 is 17.6 Å². The summed E-state index contributed by atoms with van der Waals surface area (Å²) in [6.45, 7) is -3.18. The number of halogens is 4. The van der Waals surface area contributed by atoms with Crippen molar-refractivity contribution in [2.24, 2.45) is 0 Å². The Kier molecular flexibility index (Phi) is 5.27. The summed E-state index contributed by atoms with van der Waals surface area (Å²) in [5.74, 6) is -2.36. The number of carbonyl (C=O) groups is 1. The summed E-state index contributed by atoms with van der Waals surface area (Å²) >= 11 is 5.53. The lowest BCUT2D eigenvalue weighted by atomic mass is 10.1. The normalized spacial score (nSPS) is 10.6. The number of hydrogen-bond acceptors (Lipinski definition) is 3. The summed E-state index contributed by atoms with van der Waals surface area (Å²) in [4.78, 5) is 11.1. The molecule has 0 heterocycles. The summed E-state index contributed by atoms with van der Waals surface area (Å²) in [6, 6.07) is 2.30. The van der Waals surface area contributed by atoms with E-state index < -0.39 is 24.1 Å². The van der Waals surface area contributed by atoms with Crippen molar-refractivity contribution in [1.29, 1.82) is 0 Å². The molecule has 0 saturated heterocycles. The number of methoxy groups -OCH3 is 1. The van der Waals surface area contributed by atoms with E-state index in [9.17, 15) is 18.0 Å². The van der Waals surface area contributed by atoms with Gasteiger partial charge in [0.05, 0.1) is 13.5 Å². The van der Waals surface area contributed by atoms with E-state index in [0.717, 1.165) is 13.2 Å². The highest BCUT2D eigenvalue weighted by molar-refractivity contribution is 6.17. The summed E-state index contributed by atoms with van der Waals surface area (Å²) in [6.07, 6.45) is -0.375. The maximum atomic E-state index is 13.5. The summed E-state index contributed by atoms with van der Waals surface area (Å²) < 4.78 is 46.3. The molecule has 0 aliphatic heterocycles. The minimum absolute atomic E-state index is 0.0138. The zero-order chi connectivity index (χ0) is 13.7. The van der Waals surface area contributed by atoms with Gasteiger partial charge in [-0.05, 0) is 11.6 Å². The molecule has 3 nitrogen and oxygen atoms in total. The van der Waals surface area contributed by atoms with Crippen LogP contribution in [0.2, 0.25) is 0 Å². The Morgan fingerprint density at radius 3 is 2.61 bits per heavy atom. The molecule has 1 aromatic carbocycles. The molecule has 100 valence electrons. The number of alkyl halides is 3. The maximum Gasteiger partial charge on any atom is 0.387 e. The first-order valence-electron chi connectivity index (χ1n) is 4.86. The lowest BCUT2D eigenvalue weighted by molar-refractivity contribution is -0.139. The van der Waals surface area contributed by atoms with E-state index in [0.29, 0.717) is 5.56 Å². The number of benzene rings is 1. The van der Waals surface area contributed by atoms with Gasteiger partial charge in [0.25, 0.3) is 0 Å². The highest BCUT2D eigenvalue weighted by Crippen LogP contribution is 2.27. The van der Waals surface area contributed by atoms with E-state index in [2.05, 4.69) is 9.47 Å². The van der Waals surface area contributed by atoms with Gasteiger partial charge >= 0.3 is 12.6 Å². The average molecular weight is 283 g/mol. The van der Waals surface area contributed by atoms with E-state index in [-0.39, 0.29) is 17.9 Å². The van der Waals surface area contributed by atoms with Crippen molar-refractivity contribution in [3.8, 4) is 5.75 Å². The minimum atomic E-state index is -3.18. The van der Waals surface area contributed by atoms with Gasteiger partial charge in [0, 0.05) is 11.4 Å². The fraction of sp³-hybridized carbons (Fsp3) is 0.364. The van der Waals surface area contributed by atoms with Crippen molar-refractivity contribution < 1.29 is 27.4 Å². The zero-order valence-electron chi connectivity index (χ0n) is 9.38. The van der Waals surface area contributed by atoms with Crippen LogP contribution in [0, 0.1) is 5.82 Å². The fourth-order valence-corrected chi connectivity index (χ4v) is 1.52. The Hall–Kier alpha value is -1.43. The van der Waals surface area contributed by atoms with Crippen LogP contribution in [0.5, 0.6) is 5.75 Å². The molecule has 0 unspecified atom stereocenters. The number of hydrogen-bond donors (Lipinski definition) is 0. The van der Waals surface area contributed by atoms with E-state index in [1.54, 1.807) is 0 Å². The second kappa shape index (κ2) is 6.49. The lowest BCUT2D eigenvalue weighted by Gasteiger charge is -2.12. The van der Waals surface area contributed by atoms with Crippen LogP contribution < -0.4 is 4.74 Å². The molecule has 0 atom stereocenters. The molecule has 1 aromatic rings. The van der Waals surface area contributed by atoms with Crippen LogP contribution in [0.3, 0.4) is 0 Å². The molecule has 0 aliphatic carbocycles. The molecule has 0 aliphatic rings. The topological polar surface area (TPSA) is 35.5 Å². The maximum absolute atomic E-state index is 13.5. The molecule has 1 rings (SSSR count). The van der Waals surface area contributed by atoms with Crippen LogP contribution >= 0.6 is 11.6 Å². The monoisotopic (exact) mass is 282 g/mol. The lowest BCUT2D eigenvalue weighted by Crippen LogP contribution is -2.11. The van der Waals surface area contributed by atoms with Gasteiger partial charge in [0.1, 0.15) is 0 Å². The predicted octanol–water partition coefficient (Wildman–Crippen LogP) is 2.88. The Morgan fingerprint density at radius 1 is 1.44 bits per heavy atom. The second-order valence-corrected chi connectivity index (χ2v) is 3.60. The van der Waals surface area contributed by atoms with Crippen LogP contribution in [0.4, 0.5) is 13.2 Å². The standard InChI is InChI=1S/C11H10ClF3O3/c1-17-9(16)4-7-2-6(5-12)3-8(13)10(7)18-11(14)15/h2-3,11H,4-5H2,1H3. The van der Waals surface area contributed by atoms with Gasteiger partial charge in [-0.25, -0.2) is 4.39 Å². The molecular formula is C11H10ClF3O3. The molecule has 7 heteroatoms. The van der Waals surface area contributed by atoms with E-state index in [1.807, 2.05) is 0 Å². The highest BCUT2D eigenvalue weighted by atomic mass is 35.5. The van der Waals surface area contributed by atoms with Gasteiger partial charge in [-0.2, -0.15) is 8.78 Å². The first-order valence-corrected chi connectivity index (χ1v) is 5.40. The van der Waals surface area contributed by atoms with Crippen molar-refractivity contribution in [3.05, 3.63) is 29.1 Å². The molecule has 0 aromatic heterocycles. The van der Waals surface area contributed by atoms with Crippen LogP contribution in [0.1, 0.15) is 11.1 Å². The van der Waals surface area contributed by atoms with E-state index in [4.69, 9.17) is 11.6 Å². The van der Waals surface area contributed by atoms with Gasteiger partial charge in [0.15, 0.2) is 11.6 Å². The Morgan fingerprint density at radius 2 is 2.11 bits per heavy atom. The molecule has 0 saturated carbocycles. The molecule has 0 bridgehead atoms. The van der Waals surface area contributed by atoms with Crippen LogP contribution in [0.25, 0.3) is 0 Å². The first-order chi connectivity index (χ1) is 8.47. The Labute approximate surface area is 106 Å². The number of carbonyl (C=O) groups excluding carboxylic acids is 1. The quantitative estimate of drug-likeness (QED) is 0.615. The third kappa shape index (κ3) is 3.80. The summed E-state index contributed by atoms with van der Waals surface area (Å²) in [5.41, 5.74) is 0.326. The van der Waals surface area contributed by atoms with Crippen LogP contribution in [-0.4, -0.2) is 19.7 Å². The van der Waals surface area contributed by atoms with E-state index in [1.165, 1.54) is 6.07 Å². The van der Waals surface area contributed by atoms with Crippen molar-refractivity contribution in [2.45, 2.75) is 18.9 Å². The SMILES string of the molecule is COC(=O)Cc1cc(CCl)cc(F)c1OC(F)F. The van der Waals surface area contributed by atoms with Gasteiger partial charge < -0.3 is 9.47 Å². The third-order valence-electron chi connectivity index (χ3n) is 2.10.